The van der Waals surface area contributed by atoms with Crippen molar-refractivity contribution in [3.8, 4) is 5.88 Å². The fourth-order valence-electron chi connectivity index (χ4n) is 1.28. The molecule has 0 bridgehead atoms. The molecule has 7 nitrogen and oxygen atoms in total. The van der Waals surface area contributed by atoms with E-state index in [0.717, 1.165) is 11.5 Å². The normalized spacial score (nSPS) is 11.7. The molecule has 0 saturated carbocycles. The van der Waals surface area contributed by atoms with Crippen molar-refractivity contribution in [3.05, 3.63) is 22.9 Å². The van der Waals surface area contributed by atoms with Gasteiger partial charge in [0.15, 0.2) is 10.7 Å². The van der Waals surface area contributed by atoms with Gasteiger partial charge in [-0.3, -0.25) is 0 Å². The Bertz CT molecular complexity index is 632. The third-order valence-corrected chi connectivity index (χ3v) is 4.26. The van der Waals surface area contributed by atoms with Gasteiger partial charge >= 0.3 is 0 Å². The number of aryl methyl sites for hydroxylation is 1. The first-order chi connectivity index (χ1) is 8.53. The molecule has 0 amide bonds. The van der Waals surface area contributed by atoms with Crippen molar-refractivity contribution < 1.29 is 17.7 Å². The van der Waals surface area contributed by atoms with Crippen molar-refractivity contribution in [1.29, 1.82) is 0 Å². The van der Waals surface area contributed by atoms with Crippen LogP contribution in [-0.4, -0.2) is 25.1 Å². The fraction of sp³-hybridized carbons (Fsp3) is 0.333. The van der Waals surface area contributed by atoms with Gasteiger partial charge in [-0.1, -0.05) is 5.16 Å². The topological polar surface area (TPSA) is 94.3 Å². The average Bonchev–Trinajstić information content (AvgIpc) is 2.95. The molecule has 0 aromatic carbocycles. The molecule has 0 aliphatic rings. The van der Waals surface area contributed by atoms with Gasteiger partial charge in [0.05, 0.1) is 19.3 Å². The van der Waals surface area contributed by atoms with Gasteiger partial charge in [-0.25, -0.2) is 13.1 Å². The number of hydrogen-bond acceptors (Lipinski definition) is 7. The summed E-state index contributed by atoms with van der Waals surface area (Å²) >= 11 is 1.01. The monoisotopic (exact) mass is 289 g/mol. The van der Waals surface area contributed by atoms with Crippen molar-refractivity contribution >= 4 is 21.6 Å². The van der Waals surface area contributed by atoms with Gasteiger partial charge in [0, 0.05) is 11.4 Å². The average molecular weight is 289 g/mol. The molecule has 0 spiro atoms. The Morgan fingerprint density at radius 2 is 2.33 bits per heavy atom. The first kappa shape index (κ1) is 13.0. The van der Waals surface area contributed by atoms with Crippen LogP contribution in [-0.2, 0) is 16.6 Å². The molecule has 0 atom stereocenters. The zero-order valence-corrected chi connectivity index (χ0v) is 11.3. The minimum absolute atomic E-state index is 0.0197. The number of ether oxygens (including phenoxy) is 1. The van der Waals surface area contributed by atoms with Crippen LogP contribution in [0.4, 0.5) is 0 Å². The van der Waals surface area contributed by atoms with Crippen molar-refractivity contribution in [2.45, 2.75) is 18.4 Å². The lowest BCUT2D eigenvalue weighted by molar-refractivity contribution is 0.376. The highest BCUT2D eigenvalue weighted by Crippen LogP contribution is 2.23. The standard InChI is InChI=1S/C9H11N3O4S2/c1-6-3-7(16-11-6)4-10-18(13,14)8-5-17-12-9(8)15-2/h3,5,10H,4H2,1-2H3. The second-order valence-corrected chi connectivity index (χ2v) is 5.81. The zero-order valence-electron chi connectivity index (χ0n) is 9.71. The number of nitrogens with one attached hydrogen (secondary N) is 1. The van der Waals surface area contributed by atoms with Crippen LogP contribution < -0.4 is 9.46 Å². The predicted molar refractivity (Wildman–Crippen MR) is 63.9 cm³/mol. The van der Waals surface area contributed by atoms with Crippen LogP contribution in [0.15, 0.2) is 20.9 Å². The van der Waals surface area contributed by atoms with Crippen LogP contribution in [0.5, 0.6) is 5.88 Å². The molecule has 2 heterocycles. The van der Waals surface area contributed by atoms with Crippen LogP contribution in [0.25, 0.3) is 0 Å². The van der Waals surface area contributed by atoms with Gasteiger partial charge in [-0.05, 0) is 18.5 Å². The van der Waals surface area contributed by atoms with E-state index >= 15 is 0 Å². The Labute approximate surface area is 108 Å². The van der Waals surface area contributed by atoms with Gasteiger partial charge in [0.2, 0.25) is 15.9 Å². The van der Waals surface area contributed by atoms with Gasteiger partial charge in [0.1, 0.15) is 0 Å². The highest BCUT2D eigenvalue weighted by molar-refractivity contribution is 7.89. The van der Waals surface area contributed by atoms with E-state index < -0.39 is 10.0 Å². The Morgan fingerprint density at radius 1 is 1.56 bits per heavy atom. The summed E-state index contributed by atoms with van der Waals surface area (Å²) in [5.41, 5.74) is 0.693. The van der Waals surface area contributed by atoms with Crippen LogP contribution in [0.1, 0.15) is 11.5 Å². The molecule has 98 valence electrons. The predicted octanol–water partition coefficient (Wildman–Crippen LogP) is 0.927. The maximum atomic E-state index is 12.0. The smallest absolute Gasteiger partial charge is 0.247 e. The number of aromatic nitrogens is 2. The lowest BCUT2D eigenvalue weighted by Crippen LogP contribution is -2.23. The largest absolute Gasteiger partial charge is 0.479 e. The van der Waals surface area contributed by atoms with Crippen LogP contribution in [0.3, 0.4) is 0 Å². The summed E-state index contributed by atoms with van der Waals surface area (Å²) in [7, 11) is -2.29. The molecular weight excluding hydrogens is 278 g/mol. The molecule has 0 aliphatic carbocycles. The summed E-state index contributed by atoms with van der Waals surface area (Å²) in [6.45, 7) is 1.79. The SMILES string of the molecule is COc1nscc1S(=O)(=O)NCc1cc(C)no1. The number of hydrogen-bond donors (Lipinski definition) is 1. The van der Waals surface area contributed by atoms with Gasteiger partial charge in [-0.15, -0.1) is 0 Å². The molecule has 9 heteroatoms. The molecule has 2 rings (SSSR count). The number of rotatable bonds is 5. The molecular formula is C9H11N3O4S2. The number of methoxy groups -OCH3 is 1. The number of sulfonamides is 1. The maximum absolute atomic E-state index is 12.0. The van der Waals surface area contributed by atoms with E-state index in [0.29, 0.717) is 11.5 Å². The van der Waals surface area contributed by atoms with E-state index in [9.17, 15) is 8.42 Å². The Hall–Kier alpha value is -1.45. The van der Waals surface area contributed by atoms with Gasteiger partial charge in [-0.2, -0.15) is 4.37 Å². The lowest BCUT2D eigenvalue weighted by Gasteiger charge is -2.04. The second kappa shape index (κ2) is 5.04. The third-order valence-electron chi connectivity index (χ3n) is 2.10. The minimum Gasteiger partial charge on any atom is -0.479 e. The molecule has 18 heavy (non-hydrogen) atoms. The molecule has 0 aliphatic heterocycles. The minimum atomic E-state index is -3.66. The van der Waals surface area contributed by atoms with Crippen LogP contribution >= 0.6 is 11.5 Å². The van der Waals surface area contributed by atoms with E-state index in [1.807, 2.05) is 0 Å². The van der Waals surface area contributed by atoms with Crippen molar-refractivity contribution in [3.63, 3.8) is 0 Å². The van der Waals surface area contributed by atoms with Crippen LogP contribution in [0.2, 0.25) is 0 Å². The molecule has 0 fully saturated rings. The maximum Gasteiger partial charge on any atom is 0.247 e. The quantitative estimate of drug-likeness (QED) is 0.879. The first-order valence-corrected chi connectivity index (χ1v) is 7.25. The molecule has 1 N–H and O–H groups in total. The summed E-state index contributed by atoms with van der Waals surface area (Å²) < 4.78 is 39.9. The molecule has 0 saturated heterocycles. The summed E-state index contributed by atoms with van der Waals surface area (Å²) in [5, 5.41) is 5.08. The Morgan fingerprint density at radius 3 is 2.94 bits per heavy atom. The van der Waals surface area contributed by atoms with Crippen molar-refractivity contribution in [2.24, 2.45) is 0 Å². The van der Waals surface area contributed by atoms with E-state index in [1.54, 1.807) is 13.0 Å². The van der Waals surface area contributed by atoms with E-state index in [4.69, 9.17) is 9.26 Å². The molecule has 2 aromatic heterocycles. The lowest BCUT2D eigenvalue weighted by atomic mass is 10.4. The van der Waals surface area contributed by atoms with E-state index in [-0.39, 0.29) is 17.3 Å². The van der Waals surface area contributed by atoms with E-state index in [2.05, 4.69) is 14.3 Å². The highest BCUT2D eigenvalue weighted by Gasteiger charge is 2.22. The number of nitrogens with zero attached hydrogens (tertiary/aromatic N) is 2. The molecule has 2 aromatic rings. The first-order valence-electron chi connectivity index (χ1n) is 4.93. The van der Waals surface area contributed by atoms with Crippen molar-refractivity contribution in [2.75, 3.05) is 7.11 Å². The van der Waals surface area contributed by atoms with E-state index in [1.165, 1.54) is 12.5 Å². The summed E-state index contributed by atoms with van der Waals surface area (Å²) in [4.78, 5) is 0.0197. The van der Waals surface area contributed by atoms with Crippen molar-refractivity contribution in [1.82, 2.24) is 14.3 Å². The third kappa shape index (κ3) is 2.68. The highest BCUT2D eigenvalue weighted by atomic mass is 32.2. The molecule has 0 radical (unpaired) electrons. The summed E-state index contributed by atoms with van der Waals surface area (Å²) in [6.07, 6.45) is 0. The Balaban J connectivity index is 2.13. The Kier molecular flexibility index (Phi) is 3.64. The zero-order chi connectivity index (χ0) is 13.2. The molecule has 0 unspecified atom stereocenters. The van der Waals surface area contributed by atoms with Crippen LogP contribution in [0, 0.1) is 6.92 Å². The summed E-state index contributed by atoms with van der Waals surface area (Å²) in [6, 6.07) is 1.66. The van der Waals surface area contributed by atoms with Gasteiger partial charge < -0.3 is 9.26 Å². The summed E-state index contributed by atoms with van der Waals surface area (Å²) in [5.74, 6) is 0.527. The second-order valence-electron chi connectivity index (χ2n) is 3.45. The van der Waals surface area contributed by atoms with Gasteiger partial charge in [0.25, 0.3) is 0 Å². The fourth-order valence-corrected chi connectivity index (χ4v) is 3.34.